The van der Waals surface area contributed by atoms with Crippen LogP contribution < -0.4 is 10.6 Å². The smallest absolute Gasteiger partial charge is 0.273 e. The van der Waals surface area contributed by atoms with E-state index in [1.807, 2.05) is 19.2 Å². The lowest BCUT2D eigenvalue weighted by Gasteiger charge is -2.39. The van der Waals surface area contributed by atoms with Crippen LogP contribution in [0.2, 0.25) is 0 Å². The molecule has 0 fully saturated rings. The van der Waals surface area contributed by atoms with Crippen molar-refractivity contribution in [2.24, 2.45) is 4.36 Å². The Hall–Kier alpha value is -3.69. The number of hydrogen-bond donors (Lipinski definition) is 2. The van der Waals surface area contributed by atoms with Crippen molar-refractivity contribution in [3.63, 3.8) is 0 Å². The molecule has 2 N–H and O–H groups in total. The second-order valence-electron chi connectivity index (χ2n) is 9.70. The molecule has 0 amide bonds. The molecule has 12 heteroatoms. The van der Waals surface area contributed by atoms with Crippen LogP contribution in [0.1, 0.15) is 41.0 Å². The number of aromatic nitrogens is 3. The van der Waals surface area contributed by atoms with Crippen molar-refractivity contribution >= 4 is 38.8 Å². The lowest BCUT2D eigenvalue weighted by molar-refractivity contribution is -0.0278. The van der Waals surface area contributed by atoms with Crippen molar-refractivity contribution in [2.75, 3.05) is 36.7 Å². The first-order valence-electron chi connectivity index (χ1n) is 11.7. The summed E-state index contributed by atoms with van der Waals surface area (Å²) in [6.45, 7) is 1.35. The molecule has 9 nitrogen and oxygen atoms in total. The molecule has 0 bridgehead atoms. The number of rotatable bonds is 5. The number of pyridine rings is 1. The highest BCUT2D eigenvalue weighted by Crippen LogP contribution is 2.49. The second kappa shape index (κ2) is 9.32. The quantitative estimate of drug-likeness (QED) is 0.478. The minimum Gasteiger partial charge on any atom is -0.324 e. The number of anilines is 4. The Labute approximate surface area is 214 Å². The van der Waals surface area contributed by atoms with Crippen molar-refractivity contribution in [3.05, 3.63) is 58.8 Å². The number of halogens is 2. The van der Waals surface area contributed by atoms with Crippen LogP contribution in [0.5, 0.6) is 0 Å². The van der Waals surface area contributed by atoms with Gasteiger partial charge < -0.3 is 15.5 Å². The van der Waals surface area contributed by atoms with E-state index in [1.54, 1.807) is 18.2 Å². The van der Waals surface area contributed by atoms with Gasteiger partial charge in [-0.1, -0.05) is 6.07 Å². The molecular weight excluding hydrogens is 498 g/mol. The number of alkyl halides is 2. The Morgan fingerprint density at radius 3 is 2.81 bits per heavy atom. The monoisotopic (exact) mass is 524 g/mol. The van der Waals surface area contributed by atoms with E-state index in [0.717, 1.165) is 17.7 Å². The number of nitrogens with one attached hydrogen (secondary N) is 2. The standard InChI is InChI=1S/C25H26F2N8OS/c1-35-13-15-7-8-25(26,27)19-10-18(9-16(14-35)22(15)19)30-24-29-12-17(11-28)23(33-24)32-20-5-4-6-21(31-20)34-37(2,3)36/h4-6,9-10,12,15H,7-8,13-14H2,1-3H3,(H2,29,30,31,32,33). The van der Waals surface area contributed by atoms with Gasteiger partial charge in [0, 0.05) is 53.0 Å². The highest BCUT2D eigenvalue weighted by Gasteiger charge is 2.43. The van der Waals surface area contributed by atoms with Gasteiger partial charge in [0.05, 0.1) is 6.20 Å². The molecule has 0 radical (unpaired) electrons. The molecule has 2 aliphatic rings. The first-order valence-corrected chi connectivity index (χ1v) is 14.0. The summed E-state index contributed by atoms with van der Waals surface area (Å²) in [5, 5.41) is 15.6. The van der Waals surface area contributed by atoms with E-state index in [-0.39, 0.29) is 41.0 Å². The van der Waals surface area contributed by atoms with Crippen LogP contribution in [0, 0.1) is 11.3 Å². The molecule has 37 heavy (non-hydrogen) atoms. The zero-order valence-electron chi connectivity index (χ0n) is 20.6. The van der Waals surface area contributed by atoms with Crippen molar-refractivity contribution in [1.82, 2.24) is 19.9 Å². The van der Waals surface area contributed by atoms with E-state index < -0.39 is 15.7 Å². The van der Waals surface area contributed by atoms with E-state index in [1.165, 1.54) is 24.8 Å². The van der Waals surface area contributed by atoms with Crippen LogP contribution in [0.4, 0.5) is 37.9 Å². The van der Waals surface area contributed by atoms with Gasteiger partial charge in [-0.2, -0.15) is 14.6 Å². The van der Waals surface area contributed by atoms with Crippen LogP contribution >= 0.6 is 0 Å². The molecule has 1 atom stereocenters. The molecule has 1 aliphatic carbocycles. The summed E-state index contributed by atoms with van der Waals surface area (Å²) in [4.78, 5) is 15.1. The van der Waals surface area contributed by atoms with Crippen LogP contribution in [-0.4, -0.2) is 50.2 Å². The largest absolute Gasteiger partial charge is 0.324 e. The third-order valence-corrected chi connectivity index (χ3v) is 6.93. The van der Waals surface area contributed by atoms with E-state index in [2.05, 4.69) is 34.8 Å². The van der Waals surface area contributed by atoms with E-state index >= 15 is 0 Å². The van der Waals surface area contributed by atoms with Crippen LogP contribution in [0.25, 0.3) is 0 Å². The summed E-state index contributed by atoms with van der Waals surface area (Å²) >= 11 is 0. The summed E-state index contributed by atoms with van der Waals surface area (Å²) in [5.74, 6) is -1.85. The van der Waals surface area contributed by atoms with Gasteiger partial charge in [0.15, 0.2) is 11.6 Å². The molecule has 192 valence electrons. The number of hydrogen-bond acceptors (Lipinski definition) is 9. The normalized spacial score (nSPS) is 18.4. The van der Waals surface area contributed by atoms with Crippen LogP contribution in [0.15, 0.2) is 40.9 Å². The molecule has 2 aromatic heterocycles. The molecule has 3 aromatic rings. The molecule has 0 saturated carbocycles. The third kappa shape index (κ3) is 5.38. The molecule has 0 saturated heterocycles. The number of nitrogens with zero attached hydrogens (tertiary/aromatic N) is 6. The third-order valence-electron chi connectivity index (χ3n) is 6.31. The number of likely N-dealkylation sites (N-methyl/N-ethyl adjacent to an activating group) is 1. The van der Waals surface area contributed by atoms with Crippen LogP contribution in [0.3, 0.4) is 0 Å². The minimum atomic E-state index is -2.89. The molecule has 1 aromatic carbocycles. The first kappa shape index (κ1) is 25.0. The maximum atomic E-state index is 14.9. The van der Waals surface area contributed by atoms with Crippen molar-refractivity contribution in [2.45, 2.75) is 31.2 Å². The van der Waals surface area contributed by atoms with Crippen molar-refractivity contribution < 1.29 is 13.0 Å². The highest BCUT2D eigenvalue weighted by atomic mass is 32.2. The predicted molar refractivity (Wildman–Crippen MR) is 138 cm³/mol. The number of nitriles is 1. The lowest BCUT2D eigenvalue weighted by Crippen LogP contribution is -2.36. The summed E-state index contributed by atoms with van der Waals surface area (Å²) in [5.41, 5.74) is 2.33. The average molecular weight is 525 g/mol. The molecule has 1 aliphatic heterocycles. The van der Waals surface area contributed by atoms with Crippen molar-refractivity contribution in [1.29, 1.82) is 5.26 Å². The van der Waals surface area contributed by atoms with Gasteiger partial charge in [0.2, 0.25) is 5.95 Å². The molecule has 0 spiro atoms. The van der Waals surface area contributed by atoms with Gasteiger partial charge in [0.25, 0.3) is 5.92 Å². The highest BCUT2D eigenvalue weighted by molar-refractivity contribution is 7.92. The lowest BCUT2D eigenvalue weighted by atomic mass is 9.76. The Morgan fingerprint density at radius 1 is 1.24 bits per heavy atom. The topological polar surface area (TPSA) is 119 Å². The minimum absolute atomic E-state index is 0.0667. The SMILES string of the molecule is CN1Cc2cc(Nc3ncc(C#N)c(Nc4cccc(N=S(C)(C)=O)n4)n3)cc3c2C(CCC3(F)F)C1. The Balaban J connectivity index is 1.47. The fraction of sp³-hybridized carbons (Fsp3) is 0.360. The van der Waals surface area contributed by atoms with E-state index in [0.29, 0.717) is 24.5 Å². The Kier molecular flexibility index (Phi) is 6.29. The fourth-order valence-electron chi connectivity index (χ4n) is 4.89. The summed E-state index contributed by atoms with van der Waals surface area (Å²) in [7, 11) is -0.411. The zero-order valence-corrected chi connectivity index (χ0v) is 21.4. The summed E-state index contributed by atoms with van der Waals surface area (Å²) < 4.78 is 45.9. The van der Waals surface area contributed by atoms with Crippen molar-refractivity contribution in [3.8, 4) is 6.07 Å². The van der Waals surface area contributed by atoms with Gasteiger partial charge in [-0.15, -0.1) is 0 Å². The zero-order chi connectivity index (χ0) is 26.4. The fourth-order valence-corrected chi connectivity index (χ4v) is 5.44. The maximum absolute atomic E-state index is 14.9. The van der Waals surface area contributed by atoms with E-state index in [4.69, 9.17) is 0 Å². The second-order valence-corrected chi connectivity index (χ2v) is 12.2. The van der Waals surface area contributed by atoms with Gasteiger partial charge in [0.1, 0.15) is 17.5 Å². The summed E-state index contributed by atoms with van der Waals surface area (Å²) in [6, 6.07) is 10.4. The van der Waals surface area contributed by atoms with Gasteiger partial charge in [-0.25, -0.2) is 23.0 Å². The molecule has 1 unspecified atom stereocenters. The molecule has 3 heterocycles. The maximum Gasteiger partial charge on any atom is 0.273 e. The molecule has 5 rings (SSSR count). The van der Waals surface area contributed by atoms with Gasteiger partial charge in [-0.3, -0.25) is 0 Å². The summed E-state index contributed by atoms with van der Waals surface area (Å²) in [6.07, 6.45) is 4.65. The van der Waals surface area contributed by atoms with Gasteiger partial charge in [-0.05, 0) is 54.8 Å². The first-order chi connectivity index (χ1) is 17.5. The Bertz CT molecular complexity index is 1540. The predicted octanol–water partition coefficient (Wildman–Crippen LogP) is 5.00. The number of benzene rings is 1. The average Bonchev–Trinajstić information content (AvgIpc) is 2.80. The van der Waals surface area contributed by atoms with Gasteiger partial charge >= 0.3 is 0 Å². The molecular formula is C25H26F2N8OS. The van der Waals surface area contributed by atoms with E-state index in [9.17, 15) is 18.3 Å². The van der Waals surface area contributed by atoms with Crippen LogP contribution in [-0.2, 0) is 22.2 Å². The Morgan fingerprint density at radius 2 is 2.05 bits per heavy atom.